The monoisotopic (exact) mass is 180 g/mol. The van der Waals surface area contributed by atoms with Crippen LogP contribution < -0.4 is 154 Å². The van der Waals surface area contributed by atoms with Crippen LogP contribution in [0.5, 0.6) is 0 Å². The Morgan fingerprint density at radius 3 is 1.43 bits per heavy atom. The van der Waals surface area contributed by atoms with Gasteiger partial charge in [0.25, 0.3) is 5.97 Å². The molecule has 0 aliphatic rings. The van der Waals surface area contributed by atoms with Crippen molar-refractivity contribution in [2.45, 2.75) is 6.92 Å². The Morgan fingerprint density at radius 1 is 1.43 bits per heavy atom. The maximum atomic E-state index is 9.00. The first-order valence-corrected chi connectivity index (χ1v) is 0.928. The molecule has 0 aromatic rings. The summed E-state index contributed by atoms with van der Waals surface area (Å²) in [6, 6.07) is 0. The number of carboxylic acid groups (broad SMARTS) is 1. The number of carboxylic acids is 1. The molecule has 0 rings (SSSR count). The molecular weight excluding hydrogens is 173 g/mol. The van der Waals surface area contributed by atoms with Crippen LogP contribution in [0.15, 0.2) is 0 Å². The van der Waals surface area contributed by atoms with Crippen LogP contribution in [0.1, 0.15) is 11.2 Å². The van der Waals surface area contributed by atoms with Gasteiger partial charge in [-0.3, -0.25) is 4.79 Å². The second kappa shape index (κ2) is 16.8. The van der Waals surface area contributed by atoms with Gasteiger partial charge in [-0.05, 0) is 0 Å². The van der Waals surface area contributed by atoms with Crippen LogP contribution in [-0.4, -0.2) is 11.1 Å². The molecule has 0 heterocycles. The van der Waals surface area contributed by atoms with Gasteiger partial charge in [0, 0.05) is 6.92 Å². The Bertz CT molecular complexity index is 42.7. The van der Waals surface area contributed by atoms with Gasteiger partial charge in [-0.25, -0.2) is 0 Å². The van der Waals surface area contributed by atoms with Gasteiger partial charge in [0.05, 0.1) is 0 Å². The van der Waals surface area contributed by atoms with Gasteiger partial charge in [-0.1, -0.05) is 0 Å². The Morgan fingerprint density at radius 2 is 1.43 bits per heavy atom. The third kappa shape index (κ3) is 38.0. The molecule has 0 radical (unpaired) electrons. The van der Waals surface area contributed by atoms with Crippen molar-refractivity contribution < 1.29 is 168 Å². The largest absolute Gasteiger partial charge is 1.00 e. The molecule has 7 heavy (non-hydrogen) atoms. The van der Waals surface area contributed by atoms with E-state index in [0.29, 0.717) is 0 Å². The molecule has 30 valence electrons. The van der Waals surface area contributed by atoms with Crippen LogP contribution in [0.4, 0.5) is 0 Å². The summed E-state index contributed by atoms with van der Waals surface area (Å²) >= 11 is 0. The predicted molar refractivity (Wildman–Crippen MR) is 16.6 cm³/mol. The molecule has 0 unspecified atom stereocenters. The quantitative estimate of drug-likeness (QED) is 0.376. The zero-order valence-corrected chi connectivity index (χ0v) is 14.7. The minimum Gasteiger partial charge on any atom is -1.00 e. The van der Waals surface area contributed by atoms with E-state index in [0.717, 1.165) is 6.92 Å². The van der Waals surface area contributed by atoms with Gasteiger partial charge < -0.3 is 9.39 Å². The Hall–Kier alpha value is 4.38. The fourth-order valence-corrected chi connectivity index (χ4v) is 0. The molecule has 5 heteroatoms. The molecule has 0 saturated carbocycles. The molecule has 0 atom stereocenters. The van der Waals surface area contributed by atoms with Gasteiger partial charge >= 0.3 is 154 Å². The first kappa shape index (κ1) is 22.5. The van der Waals surface area contributed by atoms with E-state index in [1.54, 1.807) is 0 Å². The minimum atomic E-state index is -0.833. The summed E-state index contributed by atoms with van der Waals surface area (Å²) in [5.41, 5.74) is 0. The first-order chi connectivity index (χ1) is 1.73. The van der Waals surface area contributed by atoms with Crippen molar-refractivity contribution in [2.24, 2.45) is 0 Å². The van der Waals surface area contributed by atoms with Crippen LogP contribution in [0, 0.1) is 0 Å². The average Bonchev–Trinajstić information content (AvgIpc) is 0.811. The van der Waals surface area contributed by atoms with E-state index >= 15 is 0 Å². The van der Waals surface area contributed by atoms with E-state index in [1.165, 1.54) is 0 Å². The van der Waals surface area contributed by atoms with Gasteiger partial charge in [-0.2, -0.15) is 0 Å². The SMILES string of the molecule is CC(=O)O.[H-].[H-].[H-].[K+].[K+].[K+]. The fraction of sp³-hybridized carbons (Fsp3) is 0.500. The summed E-state index contributed by atoms with van der Waals surface area (Å²) < 4.78 is 0. The molecule has 0 spiro atoms. The van der Waals surface area contributed by atoms with Crippen LogP contribution in [-0.2, 0) is 4.79 Å². The molecule has 0 bridgehead atoms. The van der Waals surface area contributed by atoms with E-state index in [2.05, 4.69) is 0 Å². The van der Waals surface area contributed by atoms with Crippen LogP contribution in [0.25, 0.3) is 0 Å². The van der Waals surface area contributed by atoms with Crippen molar-refractivity contribution in [3.63, 3.8) is 0 Å². The minimum absolute atomic E-state index is 0. The number of hydrogen-bond donors (Lipinski definition) is 1. The summed E-state index contributed by atoms with van der Waals surface area (Å²) in [5.74, 6) is -0.833. The molecular formula is C2H7K3O2. The summed E-state index contributed by atoms with van der Waals surface area (Å²) in [5, 5.41) is 7.42. The second-order valence-corrected chi connectivity index (χ2v) is 0.519. The summed E-state index contributed by atoms with van der Waals surface area (Å²) in [7, 11) is 0. The average molecular weight is 180 g/mol. The normalized spacial score (nSPS) is 3.57. The van der Waals surface area contributed by atoms with E-state index in [4.69, 9.17) is 9.90 Å². The molecule has 2 nitrogen and oxygen atoms in total. The standard InChI is InChI=1S/C2H4O2.3K.3H/c1-2(3)4;;;;;;/h1H3,(H,3,4);;;;;;/q;3*+1;3*-1. The van der Waals surface area contributed by atoms with Crippen molar-refractivity contribution in [1.29, 1.82) is 0 Å². The van der Waals surface area contributed by atoms with Crippen molar-refractivity contribution in [2.75, 3.05) is 0 Å². The van der Waals surface area contributed by atoms with Crippen LogP contribution in [0.2, 0.25) is 0 Å². The Kier molecular flexibility index (Phi) is 53.9. The third-order valence-corrected chi connectivity index (χ3v) is 0. The van der Waals surface area contributed by atoms with Crippen molar-refractivity contribution in [3.05, 3.63) is 0 Å². The number of hydrogen-bond acceptors (Lipinski definition) is 1. The Labute approximate surface area is 175 Å². The molecule has 0 aromatic carbocycles. The van der Waals surface area contributed by atoms with E-state index in [-0.39, 0.29) is 158 Å². The van der Waals surface area contributed by atoms with Gasteiger partial charge in [0.15, 0.2) is 0 Å². The van der Waals surface area contributed by atoms with Gasteiger partial charge in [0.1, 0.15) is 0 Å². The predicted octanol–water partition coefficient (Wildman–Crippen LogP) is -8.56. The van der Waals surface area contributed by atoms with Crippen molar-refractivity contribution >= 4 is 5.97 Å². The molecule has 0 aromatic heterocycles. The van der Waals surface area contributed by atoms with Crippen LogP contribution >= 0.6 is 0 Å². The maximum absolute atomic E-state index is 9.00. The van der Waals surface area contributed by atoms with Gasteiger partial charge in [-0.15, -0.1) is 0 Å². The number of carbonyl (C=O) groups is 1. The molecule has 1 N–H and O–H groups in total. The summed E-state index contributed by atoms with van der Waals surface area (Å²) in [4.78, 5) is 9.00. The van der Waals surface area contributed by atoms with E-state index in [9.17, 15) is 0 Å². The van der Waals surface area contributed by atoms with Crippen molar-refractivity contribution in [3.8, 4) is 0 Å². The third-order valence-electron chi connectivity index (χ3n) is 0. The molecule has 0 aliphatic carbocycles. The number of aliphatic carboxylic acids is 1. The summed E-state index contributed by atoms with van der Waals surface area (Å²) in [6.07, 6.45) is 0. The zero-order chi connectivity index (χ0) is 3.58. The Balaban J connectivity index is -0.00000000300. The second-order valence-electron chi connectivity index (χ2n) is 0.519. The van der Waals surface area contributed by atoms with Gasteiger partial charge in [0.2, 0.25) is 0 Å². The van der Waals surface area contributed by atoms with E-state index in [1.807, 2.05) is 0 Å². The topological polar surface area (TPSA) is 37.3 Å². The summed E-state index contributed by atoms with van der Waals surface area (Å²) in [6.45, 7) is 1.08. The smallest absolute Gasteiger partial charge is 1.00 e. The first-order valence-electron chi connectivity index (χ1n) is 0.928. The maximum Gasteiger partial charge on any atom is 1.00 e. The van der Waals surface area contributed by atoms with Crippen LogP contribution in [0.3, 0.4) is 0 Å². The number of rotatable bonds is 0. The van der Waals surface area contributed by atoms with Crippen molar-refractivity contribution in [1.82, 2.24) is 0 Å². The fourth-order valence-electron chi connectivity index (χ4n) is 0. The zero-order valence-electron chi connectivity index (χ0n) is 8.36. The molecule has 0 amide bonds. The molecule has 0 aliphatic heterocycles. The molecule has 0 fully saturated rings. The molecule has 0 saturated heterocycles. The van der Waals surface area contributed by atoms with E-state index < -0.39 is 5.97 Å².